The van der Waals surface area contributed by atoms with E-state index in [-0.39, 0.29) is 17.9 Å². The van der Waals surface area contributed by atoms with Crippen molar-refractivity contribution in [2.45, 2.75) is 32.4 Å². The molecule has 17 heavy (non-hydrogen) atoms. The van der Waals surface area contributed by atoms with Crippen molar-refractivity contribution in [3.05, 3.63) is 34.9 Å². The van der Waals surface area contributed by atoms with Gasteiger partial charge in [-0.2, -0.15) is 0 Å². The van der Waals surface area contributed by atoms with Gasteiger partial charge in [0.2, 0.25) is 0 Å². The molecule has 1 rings (SSSR count). The van der Waals surface area contributed by atoms with E-state index in [9.17, 15) is 0 Å². The van der Waals surface area contributed by atoms with Gasteiger partial charge in [-0.05, 0) is 25.5 Å². The molecule has 0 saturated carbocycles. The molecule has 2 atom stereocenters. The van der Waals surface area contributed by atoms with Crippen molar-refractivity contribution in [1.82, 2.24) is 5.32 Å². The molecule has 0 aromatic heterocycles. The van der Waals surface area contributed by atoms with Crippen LogP contribution in [0.3, 0.4) is 0 Å². The third kappa shape index (κ3) is 4.24. The van der Waals surface area contributed by atoms with Crippen LogP contribution < -0.4 is 11.1 Å². The van der Waals surface area contributed by atoms with Crippen LogP contribution in [0.4, 0.5) is 0 Å². The standard InChI is InChI=1S/C12H18ClN3O/c1-8(7-12(14)16-17)15-9(2)10-5-3-4-6-11(10)13/h3-6,8-9,15,17H,7H2,1-2H3,(H2,14,16)/t8?,9-/m1/s1. The number of amidine groups is 1. The minimum Gasteiger partial charge on any atom is -0.409 e. The first-order valence-corrected chi connectivity index (χ1v) is 5.89. The number of rotatable bonds is 5. The molecule has 0 heterocycles. The Morgan fingerprint density at radius 3 is 2.71 bits per heavy atom. The molecule has 1 aromatic carbocycles. The summed E-state index contributed by atoms with van der Waals surface area (Å²) in [5.41, 5.74) is 6.49. The van der Waals surface area contributed by atoms with Gasteiger partial charge in [0.05, 0.1) is 0 Å². The van der Waals surface area contributed by atoms with Gasteiger partial charge >= 0.3 is 0 Å². The summed E-state index contributed by atoms with van der Waals surface area (Å²) in [6.07, 6.45) is 0.491. The summed E-state index contributed by atoms with van der Waals surface area (Å²) in [5.74, 6) is 0.219. The molecular weight excluding hydrogens is 238 g/mol. The highest BCUT2D eigenvalue weighted by molar-refractivity contribution is 6.31. The van der Waals surface area contributed by atoms with Gasteiger partial charge in [0.15, 0.2) is 0 Å². The van der Waals surface area contributed by atoms with E-state index in [1.165, 1.54) is 0 Å². The Kier molecular flexibility index (Phi) is 5.25. The highest BCUT2D eigenvalue weighted by Crippen LogP contribution is 2.22. The van der Waals surface area contributed by atoms with Crippen LogP contribution in [0.5, 0.6) is 0 Å². The van der Waals surface area contributed by atoms with E-state index >= 15 is 0 Å². The first-order chi connectivity index (χ1) is 8.04. The molecule has 0 aliphatic carbocycles. The van der Waals surface area contributed by atoms with Crippen LogP contribution in [0.15, 0.2) is 29.4 Å². The van der Waals surface area contributed by atoms with Crippen LogP contribution in [0.2, 0.25) is 5.02 Å². The maximum absolute atomic E-state index is 8.49. The molecule has 1 aromatic rings. The van der Waals surface area contributed by atoms with E-state index in [0.29, 0.717) is 6.42 Å². The predicted octanol–water partition coefficient (Wildman–Crippen LogP) is 2.52. The summed E-state index contributed by atoms with van der Waals surface area (Å²) < 4.78 is 0. The van der Waals surface area contributed by atoms with Gasteiger partial charge in [-0.25, -0.2) is 0 Å². The van der Waals surface area contributed by atoms with E-state index in [1.807, 2.05) is 38.1 Å². The number of hydrogen-bond acceptors (Lipinski definition) is 3. The van der Waals surface area contributed by atoms with Crippen molar-refractivity contribution in [2.24, 2.45) is 10.9 Å². The first-order valence-electron chi connectivity index (χ1n) is 5.51. The summed E-state index contributed by atoms with van der Waals surface area (Å²) in [6.45, 7) is 4.01. The molecule has 0 amide bonds. The summed E-state index contributed by atoms with van der Waals surface area (Å²) >= 11 is 6.11. The molecule has 0 spiro atoms. The lowest BCUT2D eigenvalue weighted by molar-refractivity contribution is 0.315. The normalized spacial score (nSPS) is 15.6. The van der Waals surface area contributed by atoms with Gasteiger partial charge in [-0.15, -0.1) is 0 Å². The van der Waals surface area contributed by atoms with Gasteiger partial charge in [0.25, 0.3) is 0 Å². The number of oxime groups is 1. The summed E-state index contributed by atoms with van der Waals surface area (Å²) in [7, 11) is 0. The SMILES string of the molecule is CC(C/C(N)=N/O)N[C@H](C)c1ccccc1Cl. The monoisotopic (exact) mass is 255 g/mol. The molecule has 0 radical (unpaired) electrons. The number of hydrogen-bond donors (Lipinski definition) is 3. The maximum atomic E-state index is 8.49. The van der Waals surface area contributed by atoms with Crippen molar-refractivity contribution >= 4 is 17.4 Å². The summed E-state index contributed by atoms with van der Waals surface area (Å²) in [5, 5.41) is 15.5. The predicted molar refractivity (Wildman–Crippen MR) is 70.5 cm³/mol. The number of halogens is 1. The molecule has 0 aliphatic rings. The van der Waals surface area contributed by atoms with E-state index < -0.39 is 0 Å². The van der Waals surface area contributed by atoms with Crippen LogP contribution in [0, 0.1) is 0 Å². The lowest BCUT2D eigenvalue weighted by Gasteiger charge is -2.20. The van der Waals surface area contributed by atoms with Crippen LogP contribution in [0.25, 0.3) is 0 Å². The number of nitrogens with zero attached hydrogens (tertiary/aromatic N) is 1. The number of nitrogens with two attached hydrogens (primary N) is 1. The average molecular weight is 256 g/mol. The molecule has 0 aliphatic heterocycles. The fraction of sp³-hybridized carbons (Fsp3) is 0.417. The lowest BCUT2D eigenvalue weighted by Crippen LogP contribution is -2.33. The number of benzene rings is 1. The largest absolute Gasteiger partial charge is 0.409 e. The minimum absolute atomic E-state index is 0.108. The maximum Gasteiger partial charge on any atom is 0.140 e. The zero-order valence-electron chi connectivity index (χ0n) is 10.0. The van der Waals surface area contributed by atoms with Crippen molar-refractivity contribution in [3.63, 3.8) is 0 Å². The molecule has 1 unspecified atom stereocenters. The molecule has 0 bridgehead atoms. The Morgan fingerprint density at radius 2 is 2.12 bits per heavy atom. The van der Waals surface area contributed by atoms with Crippen molar-refractivity contribution in [2.75, 3.05) is 0 Å². The molecule has 5 heteroatoms. The Labute approximate surface area is 106 Å². The lowest BCUT2D eigenvalue weighted by atomic mass is 10.1. The Morgan fingerprint density at radius 1 is 1.47 bits per heavy atom. The topological polar surface area (TPSA) is 70.6 Å². The average Bonchev–Trinajstić information content (AvgIpc) is 2.29. The van der Waals surface area contributed by atoms with E-state index in [4.69, 9.17) is 22.5 Å². The second-order valence-corrected chi connectivity index (χ2v) is 4.51. The zero-order chi connectivity index (χ0) is 12.8. The summed E-state index contributed by atoms with van der Waals surface area (Å²) in [6, 6.07) is 7.92. The summed E-state index contributed by atoms with van der Waals surface area (Å²) in [4.78, 5) is 0. The zero-order valence-corrected chi connectivity index (χ0v) is 10.8. The van der Waals surface area contributed by atoms with E-state index in [2.05, 4.69) is 10.5 Å². The van der Waals surface area contributed by atoms with Crippen LogP contribution in [-0.4, -0.2) is 17.1 Å². The molecule has 94 valence electrons. The quantitative estimate of drug-likeness (QED) is 0.328. The van der Waals surface area contributed by atoms with Gasteiger partial charge in [0, 0.05) is 23.5 Å². The fourth-order valence-corrected chi connectivity index (χ4v) is 2.06. The first kappa shape index (κ1) is 13.8. The molecule has 0 saturated heterocycles. The Balaban J connectivity index is 2.60. The van der Waals surface area contributed by atoms with Gasteiger partial charge in [-0.1, -0.05) is 35.0 Å². The third-order valence-electron chi connectivity index (χ3n) is 2.55. The number of nitrogens with one attached hydrogen (secondary N) is 1. The second kappa shape index (κ2) is 6.47. The van der Waals surface area contributed by atoms with Gasteiger partial charge in [-0.3, -0.25) is 0 Å². The van der Waals surface area contributed by atoms with Crippen LogP contribution in [-0.2, 0) is 0 Å². The fourth-order valence-electron chi connectivity index (χ4n) is 1.76. The van der Waals surface area contributed by atoms with Crippen molar-refractivity contribution < 1.29 is 5.21 Å². The highest BCUT2D eigenvalue weighted by atomic mass is 35.5. The molecule has 4 nitrogen and oxygen atoms in total. The minimum atomic E-state index is 0.108. The van der Waals surface area contributed by atoms with Crippen molar-refractivity contribution in [1.29, 1.82) is 0 Å². The van der Waals surface area contributed by atoms with Gasteiger partial charge < -0.3 is 16.3 Å². The third-order valence-corrected chi connectivity index (χ3v) is 2.89. The molecular formula is C12H18ClN3O. The highest BCUT2D eigenvalue weighted by Gasteiger charge is 2.12. The van der Waals surface area contributed by atoms with Crippen LogP contribution in [0.1, 0.15) is 31.9 Å². The van der Waals surface area contributed by atoms with E-state index in [0.717, 1.165) is 10.6 Å². The van der Waals surface area contributed by atoms with E-state index in [1.54, 1.807) is 0 Å². The molecule has 4 N–H and O–H groups in total. The second-order valence-electron chi connectivity index (χ2n) is 4.11. The van der Waals surface area contributed by atoms with Crippen LogP contribution >= 0.6 is 11.6 Å². The van der Waals surface area contributed by atoms with Crippen molar-refractivity contribution in [3.8, 4) is 0 Å². The van der Waals surface area contributed by atoms with Gasteiger partial charge in [0.1, 0.15) is 5.84 Å². The smallest absolute Gasteiger partial charge is 0.140 e. The Hall–Kier alpha value is -1.26. The molecule has 0 fully saturated rings. The Bertz CT molecular complexity index is 395.